The van der Waals surface area contributed by atoms with E-state index in [1.54, 1.807) is 19.1 Å². The molecule has 6 nitrogen and oxygen atoms in total. The molecular weight excluding hydrogens is 300 g/mol. The van der Waals surface area contributed by atoms with Crippen molar-refractivity contribution in [2.75, 3.05) is 12.0 Å². The van der Waals surface area contributed by atoms with Crippen LogP contribution in [0.25, 0.3) is 0 Å². The lowest BCUT2D eigenvalue weighted by molar-refractivity contribution is 0.500. The highest BCUT2D eigenvalue weighted by Crippen LogP contribution is 2.17. The molecule has 0 aliphatic heterocycles. The second-order valence-corrected chi connectivity index (χ2v) is 8.75. The van der Waals surface area contributed by atoms with Crippen molar-refractivity contribution in [1.29, 1.82) is 0 Å². The molecule has 0 saturated heterocycles. The number of sulfone groups is 1. The topological polar surface area (TPSA) is 106 Å². The van der Waals surface area contributed by atoms with Gasteiger partial charge in [0, 0.05) is 18.3 Å². The Morgan fingerprint density at radius 2 is 1.80 bits per heavy atom. The molecule has 20 heavy (non-hydrogen) atoms. The maximum Gasteiger partial charge on any atom is 0.238 e. The summed E-state index contributed by atoms with van der Waals surface area (Å²) in [7, 11) is -6.80. The van der Waals surface area contributed by atoms with Crippen molar-refractivity contribution in [1.82, 2.24) is 5.32 Å². The van der Waals surface area contributed by atoms with Gasteiger partial charge in [0.15, 0.2) is 0 Å². The molecule has 0 aliphatic rings. The van der Waals surface area contributed by atoms with Crippen molar-refractivity contribution in [3.05, 3.63) is 29.8 Å². The Bertz CT molecular complexity index is 668. The molecule has 114 valence electrons. The van der Waals surface area contributed by atoms with Gasteiger partial charge in [0.2, 0.25) is 10.0 Å². The van der Waals surface area contributed by atoms with Crippen molar-refractivity contribution in [2.24, 2.45) is 5.14 Å². The normalized spacial score (nSPS) is 15.8. The van der Waals surface area contributed by atoms with Crippen molar-refractivity contribution in [3.8, 4) is 0 Å². The van der Waals surface area contributed by atoms with Crippen LogP contribution in [0, 0.1) is 0 Å². The summed E-state index contributed by atoms with van der Waals surface area (Å²) < 4.78 is 45.0. The third-order valence-electron chi connectivity index (χ3n) is 2.77. The molecule has 0 aliphatic carbocycles. The molecule has 0 spiro atoms. The van der Waals surface area contributed by atoms with Crippen LogP contribution in [0.1, 0.15) is 25.5 Å². The summed E-state index contributed by atoms with van der Waals surface area (Å²) >= 11 is 0. The van der Waals surface area contributed by atoms with Crippen LogP contribution in [-0.4, -0.2) is 34.9 Å². The summed E-state index contributed by atoms with van der Waals surface area (Å²) in [5.41, 5.74) is 0.733. The summed E-state index contributed by atoms with van der Waals surface area (Å²) in [5.74, 6) is 0.0201. The number of rotatable bonds is 6. The molecule has 2 atom stereocenters. The lowest BCUT2D eigenvalue weighted by atomic mass is 10.1. The Kier molecular flexibility index (Phi) is 5.31. The minimum Gasteiger partial charge on any atom is -0.307 e. The average Bonchev–Trinajstić information content (AvgIpc) is 2.25. The number of primary sulfonamides is 1. The number of nitrogens with one attached hydrogen (secondary N) is 1. The highest BCUT2D eigenvalue weighted by molar-refractivity contribution is 7.90. The molecule has 0 bridgehead atoms. The fraction of sp³-hybridized carbons (Fsp3) is 0.500. The van der Waals surface area contributed by atoms with Crippen LogP contribution >= 0.6 is 0 Å². The van der Waals surface area contributed by atoms with E-state index in [4.69, 9.17) is 5.14 Å². The maximum atomic E-state index is 11.3. The molecule has 8 heteroatoms. The van der Waals surface area contributed by atoms with E-state index in [1.165, 1.54) is 18.4 Å². The second kappa shape index (κ2) is 6.21. The van der Waals surface area contributed by atoms with Gasteiger partial charge in [-0.15, -0.1) is 0 Å². The van der Waals surface area contributed by atoms with Crippen molar-refractivity contribution < 1.29 is 16.8 Å². The summed E-state index contributed by atoms with van der Waals surface area (Å²) in [4.78, 5) is 0.0411. The molecule has 0 saturated carbocycles. The van der Waals surface area contributed by atoms with Crippen LogP contribution in [0.4, 0.5) is 0 Å². The first kappa shape index (κ1) is 17.1. The molecule has 1 aromatic carbocycles. The van der Waals surface area contributed by atoms with Gasteiger partial charge < -0.3 is 5.32 Å². The lowest BCUT2D eigenvalue weighted by Crippen LogP contribution is -2.34. The van der Waals surface area contributed by atoms with Gasteiger partial charge in [0.05, 0.1) is 10.6 Å². The largest absolute Gasteiger partial charge is 0.307 e. The Labute approximate surface area is 120 Å². The molecule has 0 fully saturated rings. The van der Waals surface area contributed by atoms with Crippen LogP contribution < -0.4 is 10.5 Å². The fourth-order valence-corrected chi connectivity index (χ4v) is 3.56. The predicted octanol–water partition coefficient (Wildman–Crippen LogP) is 0.418. The van der Waals surface area contributed by atoms with E-state index < -0.39 is 19.9 Å². The third kappa shape index (κ3) is 5.58. The predicted molar refractivity (Wildman–Crippen MR) is 78.5 cm³/mol. The first-order valence-corrected chi connectivity index (χ1v) is 9.66. The maximum absolute atomic E-state index is 11.3. The smallest absolute Gasteiger partial charge is 0.238 e. The molecule has 1 rings (SSSR count). The van der Waals surface area contributed by atoms with Crippen molar-refractivity contribution >= 4 is 19.9 Å². The Morgan fingerprint density at radius 1 is 1.20 bits per heavy atom. The van der Waals surface area contributed by atoms with E-state index in [9.17, 15) is 16.8 Å². The Hall–Kier alpha value is -0.960. The van der Waals surface area contributed by atoms with E-state index in [2.05, 4.69) is 5.32 Å². The van der Waals surface area contributed by atoms with Gasteiger partial charge in [-0.2, -0.15) is 0 Å². The van der Waals surface area contributed by atoms with Gasteiger partial charge in [-0.25, -0.2) is 22.0 Å². The molecule has 2 unspecified atom stereocenters. The van der Waals surface area contributed by atoms with Crippen LogP contribution in [0.3, 0.4) is 0 Å². The van der Waals surface area contributed by atoms with Gasteiger partial charge in [0.1, 0.15) is 9.84 Å². The number of nitrogens with two attached hydrogens (primary N) is 1. The van der Waals surface area contributed by atoms with Gasteiger partial charge in [0.25, 0.3) is 0 Å². The lowest BCUT2D eigenvalue weighted by Gasteiger charge is -2.20. The zero-order valence-corrected chi connectivity index (χ0v) is 13.3. The van der Waals surface area contributed by atoms with Gasteiger partial charge >= 0.3 is 0 Å². The van der Waals surface area contributed by atoms with E-state index in [0.29, 0.717) is 0 Å². The van der Waals surface area contributed by atoms with Crippen LogP contribution in [-0.2, 0) is 19.9 Å². The first-order valence-electron chi connectivity index (χ1n) is 6.05. The van der Waals surface area contributed by atoms with E-state index in [1.807, 2.05) is 6.92 Å². The highest BCUT2D eigenvalue weighted by Gasteiger charge is 2.15. The minimum absolute atomic E-state index is 0.0201. The Morgan fingerprint density at radius 3 is 2.30 bits per heavy atom. The average molecular weight is 320 g/mol. The highest BCUT2D eigenvalue weighted by atomic mass is 32.2. The number of sulfonamides is 1. The molecule has 0 radical (unpaired) electrons. The minimum atomic E-state index is -3.74. The number of hydrogen-bond donors (Lipinski definition) is 2. The summed E-state index contributed by atoms with van der Waals surface area (Å²) in [5, 5.41) is 8.20. The fourth-order valence-electron chi connectivity index (χ4n) is 1.99. The molecule has 3 N–H and O–H groups in total. The quantitative estimate of drug-likeness (QED) is 0.790. The molecule has 1 aromatic rings. The van der Waals surface area contributed by atoms with Crippen LogP contribution in [0.5, 0.6) is 0 Å². The van der Waals surface area contributed by atoms with Crippen LogP contribution in [0.2, 0.25) is 0 Å². The molecule has 0 heterocycles. The van der Waals surface area contributed by atoms with Gasteiger partial charge in [-0.1, -0.05) is 12.1 Å². The van der Waals surface area contributed by atoms with Gasteiger partial charge in [-0.3, -0.25) is 0 Å². The summed E-state index contributed by atoms with van der Waals surface area (Å²) in [6, 6.07) is 5.85. The zero-order valence-electron chi connectivity index (χ0n) is 11.7. The van der Waals surface area contributed by atoms with Gasteiger partial charge in [-0.05, 0) is 31.5 Å². The molecule has 0 amide bonds. The standard InChI is InChI=1S/C12H20N2O4S2/c1-9(8-19(3,15)16)14-10(2)11-5-4-6-12(7-11)20(13,17)18/h4-7,9-10,14H,8H2,1-3H3,(H2,13,17,18). The monoisotopic (exact) mass is 320 g/mol. The van der Waals surface area contributed by atoms with E-state index in [0.717, 1.165) is 5.56 Å². The van der Waals surface area contributed by atoms with Crippen molar-refractivity contribution in [2.45, 2.75) is 30.8 Å². The molecular formula is C12H20N2O4S2. The van der Waals surface area contributed by atoms with E-state index in [-0.39, 0.29) is 22.7 Å². The third-order valence-corrected chi connectivity index (χ3v) is 4.79. The summed E-state index contributed by atoms with van der Waals surface area (Å²) in [6.07, 6.45) is 1.18. The second-order valence-electron chi connectivity index (χ2n) is 5.00. The van der Waals surface area contributed by atoms with Crippen molar-refractivity contribution in [3.63, 3.8) is 0 Å². The Balaban J connectivity index is 2.86. The first-order chi connectivity index (χ1) is 8.99. The van der Waals surface area contributed by atoms with Crippen LogP contribution in [0.15, 0.2) is 29.2 Å². The van der Waals surface area contributed by atoms with E-state index >= 15 is 0 Å². The number of hydrogen-bond acceptors (Lipinski definition) is 5. The summed E-state index contributed by atoms with van der Waals surface area (Å²) in [6.45, 7) is 3.60. The zero-order chi connectivity index (χ0) is 15.6. The number of benzene rings is 1. The SMILES string of the molecule is CC(CS(C)(=O)=O)NC(C)c1cccc(S(N)(=O)=O)c1. The molecule has 0 aromatic heterocycles.